The first kappa shape index (κ1) is 19.2. The fourth-order valence-electron chi connectivity index (χ4n) is 3.10. The van der Waals surface area contributed by atoms with Crippen LogP contribution in [-0.4, -0.2) is 22.5 Å². The molecule has 0 heterocycles. The second kappa shape index (κ2) is 7.71. The Kier molecular flexibility index (Phi) is 4.93. The van der Waals surface area contributed by atoms with Gasteiger partial charge in [0.1, 0.15) is 34.5 Å². The summed E-state index contributed by atoms with van der Waals surface area (Å²) in [6.45, 7) is 0. The second-order valence-corrected chi connectivity index (χ2v) is 6.47. The van der Waals surface area contributed by atoms with Gasteiger partial charge in [0, 0.05) is 16.8 Å². The zero-order valence-electron chi connectivity index (χ0n) is 15.4. The summed E-state index contributed by atoms with van der Waals surface area (Å²) in [4.78, 5) is 29.5. The monoisotopic (exact) mass is 404 g/mol. The topological polar surface area (TPSA) is 78.8 Å². The zero-order chi connectivity index (χ0) is 21.3. The first-order valence-electron chi connectivity index (χ1n) is 8.93. The Balaban J connectivity index is 1.92. The maximum Gasteiger partial charge on any atom is 0.241 e. The van der Waals surface area contributed by atoms with Gasteiger partial charge >= 0.3 is 0 Å². The average molecular weight is 404 g/mol. The molecule has 0 atom stereocenters. The Bertz CT molecular complexity index is 1250. The Morgan fingerprint density at radius 2 is 1.53 bits per heavy atom. The van der Waals surface area contributed by atoms with Crippen molar-refractivity contribution >= 4 is 34.5 Å². The summed E-state index contributed by atoms with van der Waals surface area (Å²) in [6, 6.07) is 16.9. The molecule has 3 aromatic rings. The molecule has 0 amide bonds. The molecule has 3 aromatic carbocycles. The third-order valence-corrected chi connectivity index (χ3v) is 4.51. The molecule has 0 saturated carbocycles. The number of ketones is 2. The van der Waals surface area contributed by atoms with Gasteiger partial charge in [0.15, 0.2) is 0 Å². The van der Waals surface area contributed by atoms with E-state index in [9.17, 15) is 23.5 Å². The summed E-state index contributed by atoms with van der Waals surface area (Å²) in [5.74, 6) is -3.83. The lowest BCUT2D eigenvalue weighted by Crippen LogP contribution is -2.31. The number of carbonyl (C=O) groups excluding carboxylic acids is 2. The third-order valence-electron chi connectivity index (χ3n) is 4.51. The van der Waals surface area contributed by atoms with E-state index >= 15 is 0 Å². The van der Waals surface area contributed by atoms with Gasteiger partial charge in [-0.1, -0.05) is 42.5 Å². The lowest BCUT2D eigenvalue weighted by atomic mass is 9.88. The van der Waals surface area contributed by atoms with Gasteiger partial charge in [-0.2, -0.15) is 0 Å². The van der Waals surface area contributed by atoms with Gasteiger partial charge in [-0.3, -0.25) is 9.59 Å². The minimum Gasteiger partial charge on any atom is -0.506 e. The van der Waals surface area contributed by atoms with Crippen LogP contribution in [-0.2, 0) is 4.79 Å². The summed E-state index contributed by atoms with van der Waals surface area (Å²) in [6.07, 6.45) is 0. The molecule has 30 heavy (non-hydrogen) atoms. The van der Waals surface area contributed by atoms with Crippen LogP contribution in [0.5, 0.6) is 0 Å². The van der Waals surface area contributed by atoms with Gasteiger partial charge in [-0.05, 0) is 30.3 Å². The summed E-state index contributed by atoms with van der Waals surface area (Å²) >= 11 is 0. The molecule has 148 valence electrons. The largest absolute Gasteiger partial charge is 0.506 e. The van der Waals surface area contributed by atoms with Crippen LogP contribution < -0.4 is 5.32 Å². The highest BCUT2D eigenvalue weighted by Gasteiger charge is 2.35. The van der Waals surface area contributed by atoms with E-state index in [4.69, 9.17) is 0 Å². The maximum atomic E-state index is 14.2. The molecule has 2 N–H and O–H groups in total. The number of benzene rings is 3. The van der Waals surface area contributed by atoms with Gasteiger partial charge in [-0.25, -0.2) is 13.8 Å². The first-order valence-corrected chi connectivity index (χ1v) is 8.93. The highest BCUT2D eigenvalue weighted by atomic mass is 19.1. The van der Waals surface area contributed by atoms with Crippen LogP contribution in [0.4, 0.5) is 20.2 Å². The van der Waals surface area contributed by atoms with Gasteiger partial charge in [0.2, 0.25) is 11.6 Å². The number of aliphatic hydroxyl groups is 1. The van der Waals surface area contributed by atoms with Crippen molar-refractivity contribution in [2.24, 2.45) is 4.99 Å². The number of hydrogen-bond donors (Lipinski definition) is 2. The van der Waals surface area contributed by atoms with E-state index in [-0.39, 0.29) is 28.3 Å². The standard InChI is InChI=1S/C23H14F2N2O3/c24-13-6-5-7-14(12-13)26-23(27-18-11-4-3-10-17(18)25)19-20(28)15-8-1-2-9-16(15)21(29)22(19)30/h1-12,28H,(H,26,27). The molecular weight excluding hydrogens is 390 g/mol. The minimum atomic E-state index is -1.01. The number of anilines is 1. The van der Waals surface area contributed by atoms with Crippen molar-refractivity contribution in [1.29, 1.82) is 0 Å². The highest BCUT2D eigenvalue weighted by molar-refractivity contribution is 6.58. The van der Waals surface area contributed by atoms with Crippen molar-refractivity contribution in [2.75, 3.05) is 5.32 Å². The van der Waals surface area contributed by atoms with Crippen LogP contribution in [0.25, 0.3) is 5.76 Å². The van der Waals surface area contributed by atoms with Crippen LogP contribution in [0.2, 0.25) is 0 Å². The van der Waals surface area contributed by atoms with Crippen LogP contribution in [0.15, 0.2) is 83.4 Å². The summed E-state index contributed by atoms with van der Waals surface area (Å²) < 4.78 is 27.8. The van der Waals surface area contributed by atoms with Crippen molar-refractivity contribution in [1.82, 2.24) is 0 Å². The van der Waals surface area contributed by atoms with Crippen LogP contribution in [0.1, 0.15) is 15.9 Å². The van der Waals surface area contributed by atoms with Crippen molar-refractivity contribution in [3.63, 3.8) is 0 Å². The molecule has 0 aromatic heterocycles. The Morgan fingerprint density at radius 1 is 0.833 bits per heavy atom. The van der Waals surface area contributed by atoms with Gasteiger partial charge in [0.25, 0.3) is 0 Å². The van der Waals surface area contributed by atoms with Gasteiger partial charge in [0.05, 0.1) is 0 Å². The molecule has 0 radical (unpaired) electrons. The quantitative estimate of drug-likeness (QED) is 0.372. The number of aliphatic hydroxyl groups excluding tert-OH is 1. The molecular formula is C23H14F2N2O3. The predicted octanol–water partition coefficient (Wildman–Crippen LogP) is 4.84. The van der Waals surface area contributed by atoms with E-state index < -0.39 is 34.5 Å². The Labute approximate surface area is 170 Å². The molecule has 0 unspecified atom stereocenters. The molecule has 0 fully saturated rings. The van der Waals surface area contributed by atoms with Crippen molar-refractivity contribution in [3.05, 3.63) is 101 Å². The van der Waals surface area contributed by atoms with E-state index in [1.807, 2.05) is 0 Å². The Hall–Kier alpha value is -4.13. The normalized spacial score (nSPS) is 14.0. The average Bonchev–Trinajstić information content (AvgIpc) is 2.74. The number of aliphatic imine (C=N–C) groups is 1. The molecule has 0 saturated heterocycles. The number of nitrogens with zero attached hydrogens (tertiary/aromatic N) is 1. The van der Waals surface area contributed by atoms with E-state index in [1.54, 1.807) is 18.2 Å². The van der Waals surface area contributed by atoms with Crippen molar-refractivity contribution in [3.8, 4) is 0 Å². The molecule has 0 spiro atoms. The lowest BCUT2D eigenvalue weighted by molar-refractivity contribution is -0.111. The number of hydrogen-bond acceptors (Lipinski definition) is 4. The summed E-state index contributed by atoms with van der Waals surface area (Å²) in [5, 5.41) is 13.5. The Morgan fingerprint density at radius 3 is 2.27 bits per heavy atom. The van der Waals surface area contributed by atoms with Gasteiger partial charge in [-0.15, -0.1) is 0 Å². The minimum absolute atomic E-state index is 0.0553. The van der Waals surface area contributed by atoms with E-state index in [0.29, 0.717) is 0 Å². The second-order valence-electron chi connectivity index (χ2n) is 6.47. The number of nitrogens with one attached hydrogen (secondary N) is 1. The number of para-hydroxylation sites is 1. The number of rotatable bonds is 3. The van der Waals surface area contributed by atoms with E-state index in [0.717, 1.165) is 6.07 Å². The summed E-state index contributed by atoms with van der Waals surface area (Å²) in [5.41, 5.74) is -0.148. The highest BCUT2D eigenvalue weighted by Crippen LogP contribution is 2.30. The van der Waals surface area contributed by atoms with Crippen LogP contribution >= 0.6 is 0 Å². The predicted molar refractivity (Wildman–Crippen MR) is 109 cm³/mol. The number of carbonyl (C=O) groups is 2. The maximum absolute atomic E-state index is 14.2. The molecule has 1 aliphatic carbocycles. The fourth-order valence-corrected chi connectivity index (χ4v) is 3.10. The van der Waals surface area contributed by atoms with Crippen molar-refractivity contribution < 1.29 is 23.5 Å². The first-order chi connectivity index (χ1) is 14.5. The summed E-state index contributed by atoms with van der Waals surface area (Å²) in [7, 11) is 0. The molecule has 0 aliphatic heterocycles. The molecule has 0 bridgehead atoms. The lowest BCUT2D eigenvalue weighted by Gasteiger charge is -2.20. The van der Waals surface area contributed by atoms with Crippen LogP contribution in [0, 0.1) is 11.6 Å². The number of amidine groups is 1. The van der Waals surface area contributed by atoms with Gasteiger partial charge < -0.3 is 10.4 Å². The molecule has 1 aliphatic rings. The number of halogens is 2. The number of Topliss-reactive ketones (excluding diaryl/α,β-unsaturated/α-hetero) is 2. The molecule has 5 nitrogen and oxygen atoms in total. The SMILES string of the molecule is O=C1C(=O)c2ccccc2C(O)=C1C(=Nc1ccccc1F)Nc1cccc(F)c1. The number of fused-ring (bicyclic) bond motifs is 1. The van der Waals surface area contributed by atoms with Crippen LogP contribution in [0.3, 0.4) is 0 Å². The van der Waals surface area contributed by atoms with E-state index in [1.165, 1.54) is 48.5 Å². The smallest absolute Gasteiger partial charge is 0.241 e. The molecule has 7 heteroatoms. The molecule has 4 rings (SSSR count). The zero-order valence-corrected chi connectivity index (χ0v) is 15.4. The van der Waals surface area contributed by atoms with Crippen molar-refractivity contribution in [2.45, 2.75) is 0 Å². The third kappa shape index (κ3) is 3.48. The van der Waals surface area contributed by atoms with E-state index in [2.05, 4.69) is 10.3 Å². The fraction of sp³-hybridized carbons (Fsp3) is 0.